The molecule has 0 amide bonds. The van der Waals surface area contributed by atoms with Gasteiger partial charge in [0, 0.05) is 0 Å². The van der Waals surface area contributed by atoms with Crippen LogP contribution in [0.1, 0.15) is 20.8 Å². The van der Waals surface area contributed by atoms with Crippen LogP contribution >= 0.6 is 0 Å². The Labute approximate surface area is 65.7 Å². The first-order chi connectivity index (χ1) is 5.04. The third kappa shape index (κ3) is 1.27. The number of Topliss-reactive ketones (excluding diaryl/α,β-unsaturated/α-hetero) is 1. The molecule has 0 saturated carbocycles. The number of carbonyl (C=O) groups is 2. The molecule has 3 atom stereocenters. The van der Waals surface area contributed by atoms with Crippen molar-refractivity contribution in [3.63, 3.8) is 0 Å². The maximum absolute atomic E-state index is 11.2. The highest BCUT2D eigenvalue weighted by Crippen LogP contribution is 2.21. The molecule has 11 heavy (non-hydrogen) atoms. The van der Waals surface area contributed by atoms with E-state index in [9.17, 15) is 9.59 Å². The molecule has 3 heteroatoms. The van der Waals surface area contributed by atoms with Crippen molar-refractivity contribution in [2.45, 2.75) is 26.9 Å². The van der Waals surface area contributed by atoms with Crippen LogP contribution < -0.4 is 0 Å². The predicted molar refractivity (Wildman–Crippen MR) is 38.9 cm³/mol. The van der Waals surface area contributed by atoms with Crippen LogP contribution in [0.25, 0.3) is 0 Å². The van der Waals surface area contributed by atoms with Crippen LogP contribution in [-0.4, -0.2) is 17.9 Å². The second-order valence-electron chi connectivity index (χ2n) is 3.05. The van der Waals surface area contributed by atoms with Crippen molar-refractivity contribution in [1.29, 1.82) is 0 Å². The molecule has 1 rings (SSSR count). The van der Waals surface area contributed by atoms with Crippen LogP contribution in [-0.2, 0) is 14.3 Å². The lowest BCUT2D eigenvalue weighted by Crippen LogP contribution is -2.42. The van der Waals surface area contributed by atoms with Crippen LogP contribution in [0.5, 0.6) is 0 Å². The lowest BCUT2D eigenvalue weighted by atomic mass is 9.89. The molecule has 0 spiro atoms. The normalized spacial score (nSPS) is 38.6. The summed E-state index contributed by atoms with van der Waals surface area (Å²) in [6.45, 7) is 5.12. The van der Waals surface area contributed by atoms with E-state index in [4.69, 9.17) is 4.74 Å². The Morgan fingerprint density at radius 2 is 1.73 bits per heavy atom. The fourth-order valence-electron chi connectivity index (χ4n) is 1.13. The summed E-state index contributed by atoms with van der Waals surface area (Å²) in [7, 11) is 0. The summed E-state index contributed by atoms with van der Waals surface area (Å²) in [5.74, 6) is -1.11. The summed E-state index contributed by atoms with van der Waals surface area (Å²) in [6.07, 6.45) is -0.258. The Bertz CT molecular complexity index is 198. The molecule has 1 fully saturated rings. The van der Waals surface area contributed by atoms with E-state index in [2.05, 4.69) is 0 Å². The number of cyclic esters (lactones) is 1. The first-order valence-electron chi connectivity index (χ1n) is 3.78. The van der Waals surface area contributed by atoms with E-state index in [1.807, 2.05) is 0 Å². The number of hydrogen-bond acceptors (Lipinski definition) is 3. The van der Waals surface area contributed by atoms with Gasteiger partial charge in [-0.1, -0.05) is 6.92 Å². The zero-order valence-corrected chi connectivity index (χ0v) is 6.96. The van der Waals surface area contributed by atoms with Gasteiger partial charge in [0.25, 0.3) is 0 Å². The third-order valence-corrected chi connectivity index (χ3v) is 2.24. The molecule has 0 N–H and O–H groups in total. The second kappa shape index (κ2) is 2.64. The Hall–Kier alpha value is -0.860. The van der Waals surface area contributed by atoms with Gasteiger partial charge in [-0.25, -0.2) is 0 Å². The molecule has 0 aliphatic carbocycles. The van der Waals surface area contributed by atoms with Crippen molar-refractivity contribution in [3.05, 3.63) is 0 Å². The molecule has 3 nitrogen and oxygen atoms in total. The minimum Gasteiger partial charge on any atom is -0.461 e. The van der Waals surface area contributed by atoms with Gasteiger partial charge in [0.15, 0.2) is 5.78 Å². The van der Waals surface area contributed by atoms with Gasteiger partial charge >= 0.3 is 5.97 Å². The molecular formula is C8H12O3. The molecule has 1 aliphatic heterocycles. The maximum Gasteiger partial charge on any atom is 0.316 e. The number of ether oxygens (including phenoxy) is 1. The van der Waals surface area contributed by atoms with E-state index in [-0.39, 0.29) is 23.8 Å². The van der Waals surface area contributed by atoms with Crippen molar-refractivity contribution in [2.75, 3.05) is 0 Å². The van der Waals surface area contributed by atoms with Gasteiger partial charge in [0.05, 0.1) is 5.92 Å². The van der Waals surface area contributed by atoms with Crippen LogP contribution in [0.2, 0.25) is 0 Å². The van der Waals surface area contributed by atoms with Crippen LogP contribution in [0.4, 0.5) is 0 Å². The van der Waals surface area contributed by atoms with Gasteiger partial charge in [0.2, 0.25) is 0 Å². The summed E-state index contributed by atoms with van der Waals surface area (Å²) in [5.41, 5.74) is 0. The molecule has 3 unspecified atom stereocenters. The second-order valence-corrected chi connectivity index (χ2v) is 3.05. The molecule has 0 aromatic carbocycles. The Balaban J connectivity index is 2.79. The number of esters is 1. The Kier molecular flexibility index (Phi) is 1.98. The Morgan fingerprint density at radius 1 is 1.18 bits per heavy atom. The molecule has 0 aromatic heterocycles. The number of hydrogen-bond donors (Lipinski definition) is 0. The quantitative estimate of drug-likeness (QED) is 0.384. The molecule has 0 aromatic rings. The van der Waals surface area contributed by atoms with Gasteiger partial charge in [-0.15, -0.1) is 0 Å². The zero-order valence-electron chi connectivity index (χ0n) is 6.96. The summed E-state index contributed by atoms with van der Waals surface area (Å²) in [5, 5.41) is 0. The van der Waals surface area contributed by atoms with Crippen molar-refractivity contribution < 1.29 is 14.3 Å². The average Bonchev–Trinajstić information content (AvgIpc) is 1.97. The largest absolute Gasteiger partial charge is 0.461 e. The smallest absolute Gasteiger partial charge is 0.316 e. The van der Waals surface area contributed by atoms with Gasteiger partial charge in [-0.05, 0) is 13.8 Å². The fraction of sp³-hybridized carbons (Fsp3) is 0.750. The average molecular weight is 156 g/mol. The van der Waals surface area contributed by atoms with Crippen molar-refractivity contribution in [3.8, 4) is 0 Å². The maximum atomic E-state index is 11.2. The molecule has 0 bridgehead atoms. The van der Waals surface area contributed by atoms with E-state index in [0.717, 1.165) is 0 Å². The van der Waals surface area contributed by atoms with Gasteiger partial charge < -0.3 is 4.74 Å². The summed E-state index contributed by atoms with van der Waals surface area (Å²) < 4.78 is 4.92. The number of carbonyl (C=O) groups excluding carboxylic acids is 2. The summed E-state index contributed by atoms with van der Waals surface area (Å²) in [6, 6.07) is 0. The van der Waals surface area contributed by atoms with Crippen molar-refractivity contribution >= 4 is 11.8 Å². The van der Waals surface area contributed by atoms with E-state index in [0.29, 0.717) is 0 Å². The number of rotatable bonds is 0. The molecule has 1 heterocycles. The predicted octanol–water partition coefficient (Wildman–Crippen LogP) is 0.773. The molecule has 1 aliphatic rings. The van der Waals surface area contributed by atoms with Gasteiger partial charge in [-0.2, -0.15) is 0 Å². The third-order valence-electron chi connectivity index (χ3n) is 2.24. The van der Waals surface area contributed by atoms with Crippen LogP contribution in [0.15, 0.2) is 0 Å². The highest BCUT2D eigenvalue weighted by atomic mass is 16.5. The minimum atomic E-state index is -0.568. The van der Waals surface area contributed by atoms with E-state index in [1.54, 1.807) is 20.8 Å². The topological polar surface area (TPSA) is 43.4 Å². The fourth-order valence-corrected chi connectivity index (χ4v) is 1.13. The Morgan fingerprint density at radius 3 is 2.27 bits per heavy atom. The monoisotopic (exact) mass is 156 g/mol. The highest BCUT2D eigenvalue weighted by molar-refractivity contribution is 6.01. The molecule has 0 radical (unpaired) electrons. The first kappa shape index (κ1) is 8.24. The minimum absolute atomic E-state index is 0.00579. The standard InChI is InChI=1S/C8H12O3/c1-4-6(3)11-8(10)5(2)7(4)9/h4-6H,1-3H3. The van der Waals surface area contributed by atoms with Crippen molar-refractivity contribution in [1.82, 2.24) is 0 Å². The summed E-state index contributed by atoms with van der Waals surface area (Å²) >= 11 is 0. The van der Waals surface area contributed by atoms with Gasteiger partial charge in [0.1, 0.15) is 12.0 Å². The molecular weight excluding hydrogens is 144 g/mol. The van der Waals surface area contributed by atoms with Crippen molar-refractivity contribution in [2.24, 2.45) is 11.8 Å². The molecule has 1 saturated heterocycles. The van der Waals surface area contributed by atoms with E-state index >= 15 is 0 Å². The SMILES string of the molecule is CC1C(=O)OC(C)C(C)C1=O. The molecule has 62 valence electrons. The van der Waals surface area contributed by atoms with Crippen LogP contribution in [0, 0.1) is 11.8 Å². The first-order valence-corrected chi connectivity index (χ1v) is 3.78. The highest BCUT2D eigenvalue weighted by Gasteiger charge is 2.37. The lowest BCUT2D eigenvalue weighted by Gasteiger charge is -2.27. The van der Waals surface area contributed by atoms with Gasteiger partial charge in [-0.3, -0.25) is 9.59 Å². The zero-order chi connectivity index (χ0) is 8.59. The lowest BCUT2D eigenvalue weighted by molar-refractivity contribution is -0.167. The van der Waals surface area contributed by atoms with Crippen LogP contribution in [0.3, 0.4) is 0 Å². The van der Waals surface area contributed by atoms with E-state index in [1.165, 1.54) is 0 Å². The summed E-state index contributed by atoms with van der Waals surface area (Å²) in [4.78, 5) is 22.2. The number of ketones is 1. The van der Waals surface area contributed by atoms with E-state index < -0.39 is 5.92 Å².